The first kappa shape index (κ1) is 7.88. The third-order valence-electron chi connectivity index (χ3n) is 3.42. The van der Waals surface area contributed by atoms with Crippen LogP contribution in [0.2, 0.25) is 0 Å². The molecule has 1 aliphatic heterocycles. The van der Waals surface area contributed by atoms with E-state index in [0.29, 0.717) is 5.41 Å². The molecule has 2 atom stereocenters. The Morgan fingerprint density at radius 1 is 1.62 bits per heavy atom. The molecule has 70 valence electrons. The summed E-state index contributed by atoms with van der Waals surface area (Å²) in [7, 11) is 0. The van der Waals surface area contributed by atoms with Gasteiger partial charge < -0.3 is 5.32 Å². The molecule has 2 fully saturated rings. The van der Waals surface area contributed by atoms with Crippen LogP contribution in [0.15, 0.2) is 5.51 Å². The van der Waals surface area contributed by atoms with Crippen molar-refractivity contribution in [3.05, 3.63) is 10.5 Å². The highest BCUT2D eigenvalue weighted by atomic mass is 32.1. The molecule has 1 aromatic heterocycles. The minimum absolute atomic E-state index is 0.351. The highest BCUT2D eigenvalue weighted by Gasteiger charge is 2.45. The van der Waals surface area contributed by atoms with Gasteiger partial charge in [0.25, 0.3) is 0 Å². The van der Waals surface area contributed by atoms with E-state index in [-0.39, 0.29) is 0 Å². The lowest BCUT2D eigenvalue weighted by atomic mass is 9.83. The molecule has 0 amide bonds. The van der Waals surface area contributed by atoms with Crippen molar-refractivity contribution in [2.75, 3.05) is 13.1 Å². The second kappa shape index (κ2) is 2.75. The second-order valence-electron chi connectivity index (χ2n) is 4.26. The van der Waals surface area contributed by atoms with Gasteiger partial charge in [-0.15, -0.1) is 21.5 Å². The largest absolute Gasteiger partial charge is 0.315 e. The van der Waals surface area contributed by atoms with Crippen molar-refractivity contribution >= 4 is 11.3 Å². The van der Waals surface area contributed by atoms with Crippen molar-refractivity contribution in [2.24, 2.45) is 5.92 Å². The van der Waals surface area contributed by atoms with E-state index in [0.717, 1.165) is 12.5 Å². The molecule has 0 aromatic carbocycles. The third-order valence-corrected chi connectivity index (χ3v) is 4.36. The highest BCUT2D eigenvalue weighted by molar-refractivity contribution is 7.09. The molecular weight excluding hydrogens is 182 g/mol. The van der Waals surface area contributed by atoms with Crippen molar-refractivity contribution in [2.45, 2.75) is 24.7 Å². The van der Waals surface area contributed by atoms with E-state index in [1.165, 1.54) is 30.8 Å². The maximum atomic E-state index is 4.24. The Labute approximate surface area is 81.6 Å². The number of piperidine rings is 1. The number of nitrogens with zero attached hydrogens (tertiary/aromatic N) is 2. The molecule has 0 radical (unpaired) electrons. The van der Waals surface area contributed by atoms with Crippen LogP contribution in [0.25, 0.3) is 0 Å². The Kier molecular flexibility index (Phi) is 1.67. The van der Waals surface area contributed by atoms with Crippen LogP contribution in [0.1, 0.15) is 24.3 Å². The summed E-state index contributed by atoms with van der Waals surface area (Å²) >= 11 is 1.72. The Hall–Kier alpha value is -0.480. The molecule has 4 heteroatoms. The van der Waals surface area contributed by atoms with Crippen LogP contribution in [0.3, 0.4) is 0 Å². The minimum Gasteiger partial charge on any atom is -0.315 e. The quantitative estimate of drug-likeness (QED) is 0.731. The monoisotopic (exact) mass is 195 g/mol. The standard InChI is InChI=1S/C9H13N3S/c1-2-9(8-12-11-6-13-8)3-7(1)4-10-5-9/h6-7,10H,1-5H2. The van der Waals surface area contributed by atoms with Gasteiger partial charge in [-0.05, 0) is 31.7 Å². The number of rotatable bonds is 1. The first-order valence-electron chi connectivity index (χ1n) is 4.86. The first-order chi connectivity index (χ1) is 6.39. The topological polar surface area (TPSA) is 37.8 Å². The van der Waals surface area contributed by atoms with Gasteiger partial charge in [0.15, 0.2) is 0 Å². The third kappa shape index (κ3) is 1.12. The van der Waals surface area contributed by atoms with Crippen molar-refractivity contribution < 1.29 is 0 Å². The van der Waals surface area contributed by atoms with Crippen LogP contribution < -0.4 is 5.32 Å². The van der Waals surface area contributed by atoms with Crippen LogP contribution in [-0.2, 0) is 5.41 Å². The van der Waals surface area contributed by atoms with Crippen LogP contribution in [-0.4, -0.2) is 23.3 Å². The van der Waals surface area contributed by atoms with E-state index in [1.54, 1.807) is 11.3 Å². The molecule has 2 aliphatic rings. The molecule has 2 heterocycles. The molecular formula is C9H13N3S. The Morgan fingerprint density at radius 3 is 3.46 bits per heavy atom. The Morgan fingerprint density at radius 2 is 2.62 bits per heavy atom. The lowest BCUT2D eigenvalue weighted by Gasteiger charge is -2.31. The van der Waals surface area contributed by atoms with Crippen molar-refractivity contribution in [3.8, 4) is 0 Å². The first-order valence-corrected chi connectivity index (χ1v) is 5.74. The van der Waals surface area contributed by atoms with Gasteiger partial charge in [-0.2, -0.15) is 0 Å². The second-order valence-corrected chi connectivity index (χ2v) is 5.10. The van der Waals surface area contributed by atoms with Crippen LogP contribution in [0.5, 0.6) is 0 Å². The van der Waals surface area contributed by atoms with Crippen molar-refractivity contribution in [3.63, 3.8) is 0 Å². The number of nitrogens with one attached hydrogen (secondary N) is 1. The van der Waals surface area contributed by atoms with Gasteiger partial charge in [0, 0.05) is 12.0 Å². The maximum absolute atomic E-state index is 4.24. The summed E-state index contributed by atoms with van der Waals surface area (Å²) in [6.45, 7) is 2.32. The smallest absolute Gasteiger partial charge is 0.124 e. The molecule has 1 N–H and O–H groups in total. The molecule has 0 spiro atoms. The zero-order chi connectivity index (χ0) is 8.73. The van der Waals surface area contributed by atoms with E-state index < -0.39 is 0 Å². The molecule has 3 rings (SSSR count). The lowest BCUT2D eigenvalue weighted by Crippen LogP contribution is -2.42. The van der Waals surface area contributed by atoms with Gasteiger partial charge in [-0.25, -0.2) is 0 Å². The summed E-state index contributed by atoms with van der Waals surface area (Å²) in [5, 5.41) is 13.0. The zero-order valence-electron chi connectivity index (χ0n) is 7.49. The zero-order valence-corrected chi connectivity index (χ0v) is 8.31. The summed E-state index contributed by atoms with van der Waals surface area (Å²) in [4.78, 5) is 0. The van der Waals surface area contributed by atoms with Gasteiger partial charge in [0.05, 0.1) is 0 Å². The number of hydrogen-bond donors (Lipinski definition) is 1. The lowest BCUT2D eigenvalue weighted by molar-refractivity contribution is 0.324. The predicted octanol–water partition coefficient (Wildman–Crippen LogP) is 1.18. The molecule has 13 heavy (non-hydrogen) atoms. The van der Waals surface area contributed by atoms with Gasteiger partial charge in [-0.3, -0.25) is 0 Å². The van der Waals surface area contributed by atoms with Crippen LogP contribution >= 0.6 is 11.3 Å². The van der Waals surface area contributed by atoms with Crippen molar-refractivity contribution in [1.82, 2.24) is 15.5 Å². The number of fused-ring (bicyclic) bond motifs is 2. The van der Waals surface area contributed by atoms with Crippen LogP contribution in [0.4, 0.5) is 0 Å². The molecule has 1 aromatic rings. The summed E-state index contributed by atoms with van der Waals surface area (Å²) in [5.74, 6) is 0.887. The summed E-state index contributed by atoms with van der Waals surface area (Å²) < 4.78 is 0. The van der Waals surface area contributed by atoms with Gasteiger partial charge in [-0.1, -0.05) is 0 Å². The number of aromatic nitrogens is 2. The van der Waals surface area contributed by atoms with Gasteiger partial charge in [0.2, 0.25) is 0 Å². The summed E-state index contributed by atoms with van der Waals surface area (Å²) in [6.07, 6.45) is 4.00. The molecule has 1 saturated heterocycles. The molecule has 1 saturated carbocycles. The van der Waals surface area contributed by atoms with Gasteiger partial charge in [0.1, 0.15) is 10.5 Å². The normalized spacial score (nSPS) is 38.0. The predicted molar refractivity (Wildman–Crippen MR) is 51.8 cm³/mol. The number of hydrogen-bond acceptors (Lipinski definition) is 4. The molecule has 3 nitrogen and oxygen atoms in total. The average Bonchev–Trinajstić information content (AvgIpc) is 2.75. The van der Waals surface area contributed by atoms with Crippen LogP contribution in [0, 0.1) is 5.92 Å². The van der Waals surface area contributed by atoms with Gasteiger partial charge >= 0.3 is 0 Å². The summed E-state index contributed by atoms with van der Waals surface area (Å²) in [5.41, 5.74) is 2.20. The van der Waals surface area contributed by atoms with E-state index in [9.17, 15) is 0 Å². The average molecular weight is 195 g/mol. The van der Waals surface area contributed by atoms with Crippen molar-refractivity contribution in [1.29, 1.82) is 0 Å². The van der Waals surface area contributed by atoms with E-state index in [2.05, 4.69) is 15.5 Å². The van der Waals surface area contributed by atoms with E-state index in [1.807, 2.05) is 5.51 Å². The minimum atomic E-state index is 0.351. The molecule has 1 aliphatic carbocycles. The Balaban J connectivity index is 1.97. The fourth-order valence-electron chi connectivity index (χ4n) is 2.76. The van der Waals surface area contributed by atoms with E-state index in [4.69, 9.17) is 0 Å². The Bertz CT molecular complexity index is 294. The fourth-order valence-corrected chi connectivity index (χ4v) is 3.56. The molecule has 2 bridgehead atoms. The SMILES string of the molecule is c1nnc(C23CCC(CNC2)C3)s1. The highest BCUT2D eigenvalue weighted by Crippen LogP contribution is 2.46. The maximum Gasteiger partial charge on any atom is 0.124 e. The summed E-state index contributed by atoms with van der Waals surface area (Å²) in [6, 6.07) is 0. The van der Waals surface area contributed by atoms with E-state index >= 15 is 0 Å². The molecule has 2 unspecified atom stereocenters. The fraction of sp³-hybridized carbons (Fsp3) is 0.778.